The Morgan fingerprint density at radius 3 is 2.95 bits per heavy atom. The standard InChI is InChI=1S/C13H10BrClN4O/c14-8-1-3-10(11(15)5-8)12-4-2-9(20-12)6-16-13-17-7-18-19-13/h1-5,7H,6H2,(H2,16,17,18,19). The van der Waals surface area contributed by atoms with Crippen LogP contribution in [0.4, 0.5) is 5.95 Å². The van der Waals surface area contributed by atoms with Crippen LogP contribution in [-0.2, 0) is 6.54 Å². The van der Waals surface area contributed by atoms with Gasteiger partial charge in [0, 0.05) is 10.0 Å². The Morgan fingerprint density at radius 2 is 2.20 bits per heavy atom. The first-order valence-corrected chi connectivity index (χ1v) is 7.03. The Labute approximate surface area is 128 Å². The lowest BCUT2D eigenvalue weighted by molar-refractivity contribution is 0.531. The van der Waals surface area contributed by atoms with Gasteiger partial charge in [0.05, 0.1) is 11.6 Å². The van der Waals surface area contributed by atoms with Crippen LogP contribution in [0.2, 0.25) is 5.02 Å². The maximum Gasteiger partial charge on any atom is 0.218 e. The molecule has 2 aromatic heterocycles. The minimum absolute atomic E-state index is 0.517. The molecule has 0 aliphatic carbocycles. The molecule has 0 saturated carbocycles. The number of benzene rings is 1. The second-order valence-electron chi connectivity index (χ2n) is 4.08. The summed E-state index contributed by atoms with van der Waals surface area (Å²) in [4.78, 5) is 3.97. The number of nitrogens with zero attached hydrogens (tertiary/aromatic N) is 2. The number of anilines is 1. The molecule has 0 unspecified atom stereocenters. The molecule has 2 N–H and O–H groups in total. The van der Waals surface area contributed by atoms with Gasteiger partial charge in [0.25, 0.3) is 0 Å². The van der Waals surface area contributed by atoms with Crippen LogP contribution in [0.5, 0.6) is 0 Å². The summed E-state index contributed by atoms with van der Waals surface area (Å²) in [6.45, 7) is 0.517. The molecular weight excluding hydrogens is 344 g/mol. The zero-order valence-corrected chi connectivity index (χ0v) is 12.6. The summed E-state index contributed by atoms with van der Waals surface area (Å²) in [5.74, 6) is 2.12. The number of hydrogen-bond donors (Lipinski definition) is 2. The fraction of sp³-hybridized carbons (Fsp3) is 0.0769. The molecule has 0 radical (unpaired) electrons. The fourth-order valence-corrected chi connectivity index (χ4v) is 2.54. The predicted octanol–water partition coefficient (Wildman–Crippen LogP) is 4.09. The molecule has 0 aliphatic rings. The van der Waals surface area contributed by atoms with Crippen molar-refractivity contribution >= 4 is 33.5 Å². The minimum atomic E-state index is 0.517. The maximum absolute atomic E-state index is 6.20. The third kappa shape index (κ3) is 2.86. The number of halogens is 2. The van der Waals surface area contributed by atoms with Crippen molar-refractivity contribution in [1.29, 1.82) is 0 Å². The van der Waals surface area contributed by atoms with E-state index < -0.39 is 0 Å². The number of rotatable bonds is 4. The summed E-state index contributed by atoms with van der Waals surface area (Å²) in [6, 6.07) is 9.48. The fourth-order valence-electron chi connectivity index (χ4n) is 1.77. The quantitative estimate of drug-likeness (QED) is 0.741. The highest BCUT2D eigenvalue weighted by Crippen LogP contribution is 2.31. The second kappa shape index (κ2) is 5.68. The van der Waals surface area contributed by atoms with E-state index in [1.165, 1.54) is 6.33 Å². The van der Waals surface area contributed by atoms with Crippen molar-refractivity contribution < 1.29 is 4.42 Å². The second-order valence-corrected chi connectivity index (χ2v) is 5.40. The molecule has 0 saturated heterocycles. The molecule has 1 aromatic carbocycles. The van der Waals surface area contributed by atoms with Gasteiger partial charge in [-0.2, -0.15) is 5.10 Å². The van der Waals surface area contributed by atoms with Crippen molar-refractivity contribution in [3.05, 3.63) is 51.9 Å². The number of furan rings is 1. The van der Waals surface area contributed by atoms with Crippen molar-refractivity contribution in [2.24, 2.45) is 0 Å². The van der Waals surface area contributed by atoms with Gasteiger partial charge in [-0.25, -0.2) is 10.1 Å². The lowest BCUT2D eigenvalue weighted by Gasteiger charge is -2.02. The summed E-state index contributed by atoms with van der Waals surface area (Å²) in [5.41, 5.74) is 0.862. The monoisotopic (exact) mass is 352 g/mol. The van der Waals surface area contributed by atoms with Gasteiger partial charge < -0.3 is 9.73 Å². The highest BCUT2D eigenvalue weighted by Gasteiger charge is 2.09. The van der Waals surface area contributed by atoms with Crippen LogP contribution < -0.4 is 5.32 Å². The smallest absolute Gasteiger partial charge is 0.218 e. The number of hydrogen-bond acceptors (Lipinski definition) is 4. The summed E-state index contributed by atoms with van der Waals surface area (Å²) in [7, 11) is 0. The van der Waals surface area contributed by atoms with E-state index in [1.54, 1.807) is 0 Å². The largest absolute Gasteiger partial charge is 0.459 e. The molecule has 5 nitrogen and oxygen atoms in total. The van der Waals surface area contributed by atoms with Crippen molar-refractivity contribution in [3.63, 3.8) is 0 Å². The predicted molar refractivity (Wildman–Crippen MR) is 80.6 cm³/mol. The Morgan fingerprint density at radius 1 is 1.30 bits per heavy atom. The van der Waals surface area contributed by atoms with Crippen LogP contribution in [0.25, 0.3) is 11.3 Å². The summed E-state index contributed by atoms with van der Waals surface area (Å²) < 4.78 is 6.70. The lowest BCUT2D eigenvalue weighted by Crippen LogP contribution is -1.99. The van der Waals surface area contributed by atoms with Crippen LogP contribution in [0.15, 0.2) is 45.5 Å². The van der Waals surface area contributed by atoms with Crippen molar-refractivity contribution in [1.82, 2.24) is 15.2 Å². The lowest BCUT2D eigenvalue weighted by atomic mass is 10.2. The molecule has 102 valence electrons. The molecule has 0 bridgehead atoms. The first-order valence-electron chi connectivity index (χ1n) is 5.86. The van der Waals surface area contributed by atoms with Crippen molar-refractivity contribution in [3.8, 4) is 11.3 Å². The van der Waals surface area contributed by atoms with Crippen molar-refractivity contribution in [2.45, 2.75) is 6.54 Å². The van der Waals surface area contributed by atoms with Gasteiger partial charge in [-0.05, 0) is 30.3 Å². The van der Waals surface area contributed by atoms with E-state index in [0.29, 0.717) is 17.5 Å². The van der Waals surface area contributed by atoms with E-state index >= 15 is 0 Å². The molecular formula is C13H10BrClN4O. The topological polar surface area (TPSA) is 66.7 Å². The van der Waals surface area contributed by atoms with Crippen LogP contribution in [-0.4, -0.2) is 15.2 Å². The van der Waals surface area contributed by atoms with Gasteiger partial charge in [-0.1, -0.05) is 27.5 Å². The third-order valence-corrected chi connectivity index (χ3v) is 3.51. The minimum Gasteiger partial charge on any atom is -0.459 e. The molecule has 3 aromatic rings. The average Bonchev–Trinajstić information content (AvgIpc) is 3.07. The van der Waals surface area contributed by atoms with Gasteiger partial charge in [-0.3, -0.25) is 0 Å². The summed E-state index contributed by atoms with van der Waals surface area (Å²) in [6.07, 6.45) is 1.44. The van der Waals surface area contributed by atoms with E-state index in [-0.39, 0.29) is 0 Å². The van der Waals surface area contributed by atoms with Gasteiger partial charge in [-0.15, -0.1) is 0 Å². The molecule has 2 heterocycles. The van der Waals surface area contributed by atoms with Crippen LogP contribution in [0, 0.1) is 0 Å². The van der Waals surface area contributed by atoms with E-state index in [0.717, 1.165) is 21.6 Å². The highest BCUT2D eigenvalue weighted by molar-refractivity contribution is 9.10. The first kappa shape index (κ1) is 13.2. The molecule has 0 fully saturated rings. The van der Waals surface area contributed by atoms with Crippen LogP contribution in [0.1, 0.15) is 5.76 Å². The van der Waals surface area contributed by atoms with Gasteiger partial charge >= 0.3 is 0 Å². The van der Waals surface area contributed by atoms with E-state index in [4.69, 9.17) is 16.0 Å². The molecule has 3 rings (SSSR count). The van der Waals surface area contributed by atoms with Gasteiger partial charge in [0.2, 0.25) is 5.95 Å². The summed E-state index contributed by atoms with van der Waals surface area (Å²) in [5, 5.41) is 10.2. The number of aromatic nitrogens is 3. The third-order valence-electron chi connectivity index (χ3n) is 2.70. The molecule has 20 heavy (non-hydrogen) atoms. The van der Waals surface area contributed by atoms with E-state index in [9.17, 15) is 0 Å². The maximum atomic E-state index is 6.20. The molecule has 0 spiro atoms. The van der Waals surface area contributed by atoms with Crippen LogP contribution in [0.3, 0.4) is 0 Å². The molecule has 7 heteroatoms. The van der Waals surface area contributed by atoms with Gasteiger partial charge in [0.1, 0.15) is 17.8 Å². The molecule has 0 aliphatic heterocycles. The first-order chi connectivity index (χ1) is 9.72. The zero-order valence-electron chi connectivity index (χ0n) is 10.2. The molecule has 0 amide bonds. The van der Waals surface area contributed by atoms with E-state index in [1.807, 2.05) is 30.3 Å². The highest BCUT2D eigenvalue weighted by atomic mass is 79.9. The van der Waals surface area contributed by atoms with E-state index in [2.05, 4.69) is 36.4 Å². The Bertz CT molecular complexity index is 711. The normalized spacial score (nSPS) is 10.7. The van der Waals surface area contributed by atoms with Crippen molar-refractivity contribution in [2.75, 3.05) is 5.32 Å². The molecule has 0 atom stereocenters. The summed E-state index contributed by atoms with van der Waals surface area (Å²) >= 11 is 9.58. The van der Waals surface area contributed by atoms with Gasteiger partial charge in [0.15, 0.2) is 0 Å². The Hall–Kier alpha value is -1.79. The number of aromatic amines is 1. The SMILES string of the molecule is Clc1cc(Br)ccc1-c1ccc(CNc2ncn[nH]2)o1. The Balaban J connectivity index is 1.76. The Kier molecular flexibility index (Phi) is 3.75. The average molecular weight is 354 g/mol. The number of nitrogens with one attached hydrogen (secondary N) is 2. The van der Waals surface area contributed by atoms with Crippen LogP contribution >= 0.6 is 27.5 Å². The zero-order chi connectivity index (χ0) is 13.9. The number of H-pyrrole nitrogens is 1.